The maximum atomic E-state index is 12.2. The van der Waals surface area contributed by atoms with Crippen LogP contribution >= 0.6 is 0 Å². The molecule has 1 aromatic rings. The Morgan fingerprint density at radius 1 is 1.32 bits per heavy atom. The summed E-state index contributed by atoms with van der Waals surface area (Å²) in [6.07, 6.45) is 1.68. The van der Waals surface area contributed by atoms with Crippen LogP contribution in [-0.4, -0.2) is 39.6 Å². The fraction of sp³-hybridized carbons (Fsp3) is 0.429. The molecule has 0 aliphatic carbocycles. The van der Waals surface area contributed by atoms with Crippen LogP contribution in [0, 0.1) is 0 Å². The summed E-state index contributed by atoms with van der Waals surface area (Å²) < 4.78 is 0. The molecule has 1 aliphatic rings. The molecule has 2 rings (SSSR count). The molecule has 1 heterocycles. The minimum atomic E-state index is -0.882. The second-order valence-corrected chi connectivity index (χ2v) is 4.79. The lowest BCUT2D eigenvalue weighted by Crippen LogP contribution is -2.37. The monoisotopic (exact) mass is 263 g/mol. The Labute approximate surface area is 111 Å². The highest BCUT2D eigenvalue weighted by Crippen LogP contribution is 2.23. The highest BCUT2D eigenvalue weighted by Gasteiger charge is 2.30. The Morgan fingerprint density at radius 2 is 2.05 bits per heavy atom. The predicted octanol–water partition coefficient (Wildman–Crippen LogP) is 1.40. The number of nitrogens with zero attached hydrogens (tertiary/aromatic N) is 1. The fourth-order valence-corrected chi connectivity index (χ4v) is 2.50. The summed E-state index contributed by atoms with van der Waals surface area (Å²) in [6.45, 7) is 0.602. The van der Waals surface area contributed by atoms with Crippen LogP contribution in [0.15, 0.2) is 24.3 Å². The zero-order chi connectivity index (χ0) is 13.8. The molecule has 1 saturated heterocycles. The number of hydrogen-bond donors (Lipinski definition) is 2. The molecule has 0 aromatic heterocycles. The van der Waals surface area contributed by atoms with Gasteiger partial charge in [-0.15, -0.1) is 0 Å². The van der Waals surface area contributed by atoms with E-state index in [-0.39, 0.29) is 30.5 Å². The Bertz CT molecular complexity index is 486. The number of benzene rings is 1. The zero-order valence-corrected chi connectivity index (χ0v) is 10.6. The molecule has 2 N–H and O–H groups in total. The van der Waals surface area contributed by atoms with Gasteiger partial charge in [-0.05, 0) is 18.9 Å². The van der Waals surface area contributed by atoms with Crippen molar-refractivity contribution in [3.8, 4) is 5.75 Å². The number of carbonyl (C=O) groups is 2. The van der Waals surface area contributed by atoms with Crippen LogP contribution in [0.3, 0.4) is 0 Å². The number of carboxylic acid groups (broad SMARTS) is 1. The van der Waals surface area contributed by atoms with Gasteiger partial charge in [0.05, 0.1) is 12.8 Å². The van der Waals surface area contributed by atoms with E-state index in [1.165, 1.54) is 0 Å². The van der Waals surface area contributed by atoms with Gasteiger partial charge >= 0.3 is 5.97 Å². The summed E-state index contributed by atoms with van der Waals surface area (Å²) in [5.41, 5.74) is 0.577. The van der Waals surface area contributed by atoms with Crippen molar-refractivity contribution in [3.63, 3.8) is 0 Å². The van der Waals surface area contributed by atoms with Crippen LogP contribution < -0.4 is 0 Å². The number of hydrogen-bond acceptors (Lipinski definition) is 3. The van der Waals surface area contributed by atoms with Gasteiger partial charge in [0.1, 0.15) is 5.75 Å². The van der Waals surface area contributed by atoms with E-state index < -0.39 is 5.97 Å². The van der Waals surface area contributed by atoms with Gasteiger partial charge in [-0.25, -0.2) is 0 Å². The molecular formula is C14H17NO4. The highest BCUT2D eigenvalue weighted by atomic mass is 16.4. The number of para-hydroxylation sites is 1. The summed E-state index contributed by atoms with van der Waals surface area (Å²) in [6, 6.07) is 6.50. The molecule has 0 bridgehead atoms. The predicted molar refractivity (Wildman–Crippen MR) is 68.8 cm³/mol. The molecule has 1 unspecified atom stereocenters. The quantitative estimate of drug-likeness (QED) is 0.860. The molecule has 0 radical (unpaired) electrons. The Kier molecular flexibility index (Phi) is 4.04. The summed E-state index contributed by atoms with van der Waals surface area (Å²) >= 11 is 0. The maximum Gasteiger partial charge on any atom is 0.305 e. The lowest BCUT2D eigenvalue weighted by atomic mass is 10.1. The van der Waals surface area contributed by atoms with Crippen LogP contribution in [-0.2, 0) is 16.0 Å². The van der Waals surface area contributed by atoms with Gasteiger partial charge in [-0.1, -0.05) is 18.2 Å². The Balaban J connectivity index is 2.03. The number of likely N-dealkylation sites (tertiary alicyclic amines) is 1. The van der Waals surface area contributed by atoms with Crippen molar-refractivity contribution in [2.24, 2.45) is 0 Å². The first-order valence-corrected chi connectivity index (χ1v) is 6.36. The van der Waals surface area contributed by atoms with Crippen molar-refractivity contribution >= 4 is 11.9 Å². The first-order valence-electron chi connectivity index (χ1n) is 6.36. The van der Waals surface area contributed by atoms with Crippen molar-refractivity contribution in [2.45, 2.75) is 31.7 Å². The van der Waals surface area contributed by atoms with E-state index in [0.717, 1.165) is 12.8 Å². The number of amides is 1. The molecule has 1 amide bonds. The average Bonchev–Trinajstić information content (AvgIpc) is 2.79. The van der Waals surface area contributed by atoms with Crippen molar-refractivity contribution in [1.29, 1.82) is 0 Å². The molecule has 1 fully saturated rings. The first-order chi connectivity index (χ1) is 9.08. The molecule has 5 heteroatoms. The topological polar surface area (TPSA) is 77.8 Å². The largest absolute Gasteiger partial charge is 0.508 e. The maximum absolute atomic E-state index is 12.2. The lowest BCUT2D eigenvalue weighted by Gasteiger charge is -2.23. The molecule has 102 valence electrons. The standard InChI is InChI=1S/C14H17NO4/c16-12-6-2-1-4-10(12)8-13(17)15-7-3-5-11(15)9-14(18)19/h1-2,4,6,11,16H,3,5,7-9H2,(H,18,19). The van der Waals surface area contributed by atoms with E-state index in [0.29, 0.717) is 12.1 Å². The number of phenols is 1. The van der Waals surface area contributed by atoms with Crippen molar-refractivity contribution in [2.75, 3.05) is 6.54 Å². The van der Waals surface area contributed by atoms with Crippen molar-refractivity contribution in [1.82, 2.24) is 4.90 Å². The number of carboxylic acids is 1. The first kappa shape index (κ1) is 13.4. The van der Waals surface area contributed by atoms with Gasteiger partial charge in [-0.2, -0.15) is 0 Å². The van der Waals surface area contributed by atoms with Gasteiger partial charge in [0.15, 0.2) is 0 Å². The average molecular weight is 263 g/mol. The summed E-state index contributed by atoms with van der Waals surface area (Å²) in [7, 11) is 0. The van der Waals surface area contributed by atoms with Crippen LogP contribution in [0.5, 0.6) is 5.75 Å². The van der Waals surface area contributed by atoms with E-state index in [1.54, 1.807) is 29.2 Å². The molecule has 1 aromatic carbocycles. The van der Waals surface area contributed by atoms with Gasteiger partial charge < -0.3 is 15.1 Å². The molecular weight excluding hydrogens is 246 g/mol. The SMILES string of the molecule is O=C(O)CC1CCCN1C(=O)Cc1ccccc1O. The van der Waals surface area contributed by atoms with Gasteiger partial charge in [0, 0.05) is 18.2 Å². The normalized spacial score (nSPS) is 18.5. The fourth-order valence-electron chi connectivity index (χ4n) is 2.50. The molecule has 19 heavy (non-hydrogen) atoms. The number of phenolic OH excluding ortho intramolecular Hbond substituents is 1. The van der Waals surface area contributed by atoms with E-state index in [9.17, 15) is 14.7 Å². The van der Waals surface area contributed by atoms with E-state index in [4.69, 9.17) is 5.11 Å². The van der Waals surface area contributed by atoms with Crippen LogP contribution in [0.2, 0.25) is 0 Å². The van der Waals surface area contributed by atoms with Crippen LogP contribution in [0.25, 0.3) is 0 Å². The van der Waals surface area contributed by atoms with Gasteiger partial charge in [0.25, 0.3) is 0 Å². The number of aromatic hydroxyl groups is 1. The Hall–Kier alpha value is -2.04. The zero-order valence-electron chi connectivity index (χ0n) is 10.6. The summed E-state index contributed by atoms with van der Waals surface area (Å²) in [5, 5.41) is 18.5. The second kappa shape index (κ2) is 5.73. The van der Waals surface area contributed by atoms with Crippen LogP contribution in [0.1, 0.15) is 24.8 Å². The van der Waals surface area contributed by atoms with Gasteiger partial charge in [0.2, 0.25) is 5.91 Å². The molecule has 1 atom stereocenters. The van der Waals surface area contributed by atoms with Crippen LogP contribution in [0.4, 0.5) is 0 Å². The molecule has 0 saturated carbocycles. The molecule has 5 nitrogen and oxygen atoms in total. The van der Waals surface area contributed by atoms with Crippen molar-refractivity contribution in [3.05, 3.63) is 29.8 Å². The minimum Gasteiger partial charge on any atom is -0.508 e. The summed E-state index contributed by atoms with van der Waals surface area (Å²) in [4.78, 5) is 24.6. The third-order valence-electron chi connectivity index (χ3n) is 3.44. The minimum absolute atomic E-state index is 0.00743. The molecule has 0 spiro atoms. The number of rotatable bonds is 4. The second-order valence-electron chi connectivity index (χ2n) is 4.79. The Morgan fingerprint density at radius 3 is 2.74 bits per heavy atom. The number of aliphatic carboxylic acids is 1. The summed E-state index contributed by atoms with van der Waals surface area (Å²) in [5.74, 6) is -0.901. The molecule has 1 aliphatic heterocycles. The smallest absolute Gasteiger partial charge is 0.305 e. The van der Waals surface area contributed by atoms with Gasteiger partial charge in [-0.3, -0.25) is 9.59 Å². The number of carbonyl (C=O) groups excluding carboxylic acids is 1. The third-order valence-corrected chi connectivity index (χ3v) is 3.44. The van der Waals surface area contributed by atoms with E-state index in [2.05, 4.69) is 0 Å². The van der Waals surface area contributed by atoms with E-state index in [1.807, 2.05) is 0 Å². The van der Waals surface area contributed by atoms with Crippen molar-refractivity contribution < 1.29 is 19.8 Å². The van der Waals surface area contributed by atoms with E-state index >= 15 is 0 Å². The third kappa shape index (κ3) is 3.24. The lowest BCUT2D eigenvalue weighted by molar-refractivity contribution is -0.139. The highest BCUT2D eigenvalue weighted by molar-refractivity contribution is 5.80.